The third-order valence-electron chi connectivity index (χ3n) is 3.68. The van der Waals surface area contributed by atoms with E-state index in [0.29, 0.717) is 18.8 Å². The van der Waals surface area contributed by atoms with Crippen LogP contribution in [0.15, 0.2) is 12.3 Å². The average molecular weight is 300 g/mol. The third-order valence-corrected chi connectivity index (χ3v) is 3.89. The summed E-state index contributed by atoms with van der Waals surface area (Å²) in [4.78, 5) is 14.4. The Labute approximate surface area is 122 Å². The number of nitrogens with zero attached hydrogens (tertiary/aromatic N) is 2. The topological polar surface area (TPSA) is 88.3 Å². The molecular formula is C13H18ClN3O3. The van der Waals surface area contributed by atoms with Crippen LogP contribution in [0.5, 0.6) is 0 Å². The Kier molecular flexibility index (Phi) is 4.45. The zero-order valence-corrected chi connectivity index (χ0v) is 12.1. The summed E-state index contributed by atoms with van der Waals surface area (Å²) >= 11 is 5.71. The van der Waals surface area contributed by atoms with E-state index >= 15 is 0 Å². The lowest BCUT2D eigenvalue weighted by Crippen LogP contribution is -2.41. The van der Waals surface area contributed by atoms with E-state index in [2.05, 4.69) is 17.2 Å². The number of nitro groups is 1. The quantitative estimate of drug-likeness (QED) is 0.659. The minimum Gasteiger partial charge on any atom is -0.388 e. The van der Waals surface area contributed by atoms with Crippen LogP contribution in [-0.2, 0) is 0 Å². The van der Waals surface area contributed by atoms with E-state index in [0.717, 1.165) is 12.8 Å². The molecule has 20 heavy (non-hydrogen) atoms. The third kappa shape index (κ3) is 3.58. The molecule has 0 saturated heterocycles. The summed E-state index contributed by atoms with van der Waals surface area (Å²) < 4.78 is 0. The molecule has 0 aliphatic heterocycles. The second kappa shape index (κ2) is 5.93. The molecule has 1 aromatic rings. The summed E-state index contributed by atoms with van der Waals surface area (Å²) in [5, 5.41) is 24.6. The highest BCUT2D eigenvalue weighted by atomic mass is 35.5. The molecule has 6 nitrogen and oxygen atoms in total. The van der Waals surface area contributed by atoms with Crippen molar-refractivity contribution in [1.82, 2.24) is 4.98 Å². The van der Waals surface area contributed by atoms with Crippen molar-refractivity contribution in [3.63, 3.8) is 0 Å². The normalized spacial score (nSPS) is 26.2. The molecule has 0 bridgehead atoms. The van der Waals surface area contributed by atoms with Crippen LogP contribution in [0, 0.1) is 16.0 Å². The molecule has 1 saturated carbocycles. The second-order valence-electron chi connectivity index (χ2n) is 5.56. The molecule has 0 spiro atoms. The summed E-state index contributed by atoms with van der Waals surface area (Å²) in [5.41, 5.74) is -1.00. The molecule has 0 amide bonds. The van der Waals surface area contributed by atoms with E-state index in [9.17, 15) is 15.2 Å². The molecule has 0 aromatic carbocycles. The van der Waals surface area contributed by atoms with Crippen LogP contribution in [0.1, 0.15) is 32.6 Å². The van der Waals surface area contributed by atoms with Crippen molar-refractivity contribution in [3.05, 3.63) is 27.4 Å². The number of pyridine rings is 1. The molecule has 2 rings (SSSR count). The molecule has 2 atom stereocenters. The van der Waals surface area contributed by atoms with Crippen LogP contribution in [0.4, 0.5) is 11.5 Å². The first-order valence-corrected chi connectivity index (χ1v) is 7.04. The molecular weight excluding hydrogens is 282 g/mol. The number of hydrogen-bond donors (Lipinski definition) is 2. The van der Waals surface area contributed by atoms with Gasteiger partial charge in [0, 0.05) is 18.8 Å². The molecule has 1 aromatic heterocycles. The molecule has 7 heteroatoms. The fourth-order valence-electron chi connectivity index (χ4n) is 2.75. The lowest BCUT2D eigenvalue weighted by Gasteiger charge is -2.35. The fraction of sp³-hybridized carbons (Fsp3) is 0.615. The van der Waals surface area contributed by atoms with Crippen molar-refractivity contribution < 1.29 is 10.0 Å². The maximum atomic E-state index is 11.0. The minimum absolute atomic E-state index is 0.144. The Morgan fingerprint density at radius 1 is 1.70 bits per heavy atom. The van der Waals surface area contributed by atoms with Crippen molar-refractivity contribution in [2.75, 3.05) is 11.9 Å². The Balaban J connectivity index is 2.09. The summed E-state index contributed by atoms with van der Waals surface area (Å²) in [5.74, 6) is 0.606. The van der Waals surface area contributed by atoms with Crippen molar-refractivity contribution >= 4 is 23.1 Å². The van der Waals surface area contributed by atoms with E-state index in [4.69, 9.17) is 11.6 Å². The number of hydrogen-bond acceptors (Lipinski definition) is 5. The van der Waals surface area contributed by atoms with E-state index in [1.807, 2.05) is 0 Å². The lowest BCUT2D eigenvalue weighted by molar-refractivity contribution is -0.384. The standard InChI is InChI=1S/C13H18ClN3O3/c1-9-3-2-4-13(18,6-9)8-16-12-11(17(19)20)5-10(14)7-15-12/h5,7,9,18H,2-4,6,8H2,1H3,(H,15,16). The van der Waals surface area contributed by atoms with Crippen LogP contribution in [0.3, 0.4) is 0 Å². The van der Waals surface area contributed by atoms with Gasteiger partial charge in [-0.05, 0) is 18.8 Å². The van der Waals surface area contributed by atoms with Crippen molar-refractivity contribution in [2.45, 2.75) is 38.2 Å². The zero-order valence-electron chi connectivity index (χ0n) is 11.3. The van der Waals surface area contributed by atoms with E-state index in [-0.39, 0.29) is 23.1 Å². The first-order valence-electron chi connectivity index (χ1n) is 6.66. The monoisotopic (exact) mass is 299 g/mol. The first-order chi connectivity index (χ1) is 9.39. The number of nitrogens with one attached hydrogen (secondary N) is 1. The predicted octanol–water partition coefficient (Wildman–Crippen LogP) is 3.00. The number of aliphatic hydroxyl groups is 1. The second-order valence-corrected chi connectivity index (χ2v) is 5.99. The van der Waals surface area contributed by atoms with Gasteiger partial charge in [0.15, 0.2) is 0 Å². The molecule has 1 heterocycles. The van der Waals surface area contributed by atoms with E-state index in [1.54, 1.807) is 0 Å². The van der Waals surface area contributed by atoms with E-state index in [1.165, 1.54) is 12.3 Å². The van der Waals surface area contributed by atoms with Gasteiger partial charge in [0.05, 0.1) is 15.5 Å². The average Bonchev–Trinajstić information content (AvgIpc) is 2.37. The lowest BCUT2D eigenvalue weighted by atomic mass is 9.79. The van der Waals surface area contributed by atoms with Gasteiger partial charge in [-0.25, -0.2) is 4.98 Å². The van der Waals surface area contributed by atoms with Crippen LogP contribution in [0.25, 0.3) is 0 Å². The highest BCUT2D eigenvalue weighted by Crippen LogP contribution is 2.33. The number of anilines is 1. The summed E-state index contributed by atoms with van der Waals surface area (Å²) in [7, 11) is 0. The van der Waals surface area contributed by atoms with E-state index < -0.39 is 10.5 Å². The maximum Gasteiger partial charge on any atom is 0.312 e. The Bertz CT molecular complexity index is 512. The molecule has 2 N–H and O–H groups in total. The number of rotatable bonds is 4. The van der Waals surface area contributed by atoms with Gasteiger partial charge in [-0.3, -0.25) is 10.1 Å². The summed E-state index contributed by atoms with van der Waals surface area (Å²) in [6, 6.07) is 1.25. The van der Waals surface area contributed by atoms with Gasteiger partial charge in [-0.2, -0.15) is 0 Å². The zero-order chi connectivity index (χ0) is 14.8. The van der Waals surface area contributed by atoms with Crippen LogP contribution in [-0.4, -0.2) is 27.2 Å². The number of halogens is 1. The van der Waals surface area contributed by atoms with Crippen molar-refractivity contribution in [3.8, 4) is 0 Å². The largest absolute Gasteiger partial charge is 0.388 e. The summed E-state index contributed by atoms with van der Waals surface area (Å²) in [6.07, 6.45) is 4.83. The highest BCUT2D eigenvalue weighted by Gasteiger charge is 2.33. The molecule has 110 valence electrons. The molecule has 1 aliphatic carbocycles. The maximum absolute atomic E-state index is 11.0. The Hall–Kier alpha value is -1.40. The van der Waals surface area contributed by atoms with Gasteiger partial charge >= 0.3 is 5.69 Å². The molecule has 1 fully saturated rings. The minimum atomic E-state index is -0.827. The van der Waals surface area contributed by atoms with Crippen molar-refractivity contribution in [2.24, 2.45) is 5.92 Å². The summed E-state index contributed by atoms with van der Waals surface area (Å²) in [6.45, 7) is 2.36. The van der Waals surface area contributed by atoms with Gasteiger partial charge in [0.1, 0.15) is 0 Å². The van der Waals surface area contributed by atoms with Crippen LogP contribution >= 0.6 is 11.6 Å². The van der Waals surface area contributed by atoms with Crippen LogP contribution in [0.2, 0.25) is 5.02 Å². The first kappa shape index (κ1) is 15.0. The fourth-order valence-corrected chi connectivity index (χ4v) is 2.90. The SMILES string of the molecule is CC1CCCC(O)(CNc2ncc(Cl)cc2[N+](=O)[O-])C1. The van der Waals surface area contributed by atoms with Gasteiger partial charge < -0.3 is 10.4 Å². The van der Waals surface area contributed by atoms with Gasteiger partial charge in [-0.1, -0.05) is 31.4 Å². The Morgan fingerprint density at radius 3 is 3.10 bits per heavy atom. The van der Waals surface area contributed by atoms with Crippen molar-refractivity contribution in [1.29, 1.82) is 0 Å². The Morgan fingerprint density at radius 2 is 2.45 bits per heavy atom. The van der Waals surface area contributed by atoms with Gasteiger partial charge in [0.25, 0.3) is 0 Å². The highest BCUT2D eigenvalue weighted by molar-refractivity contribution is 6.30. The van der Waals surface area contributed by atoms with Gasteiger partial charge in [-0.15, -0.1) is 0 Å². The number of aromatic nitrogens is 1. The molecule has 2 unspecified atom stereocenters. The molecule has 0 radical (unpaired) electrons. The predicted molar refractivity (Wildman–Crippen MR) is 77.0 cm³/mol. The van der Waals surface area contributed by atoms with Gasteiger partial charge in [0.2, 0.25) is 5.82 Å². The molecule has 1 aliphatic rings. The smallest absolute Gasteiger partial charge is 0.312 e. The van der Waals surface area contributed by atoms with Crippen LogP contribution < -0.4 is 5.32 Å².